The van der Waals surface area contributed by atoms with E-state index in [-0.39, 0.29) is 0 Å². The molecule has 0 aliphatic rings. The average Bonchev–Trinajstić information content (AvgIpc) is 2.65. The molecule has 0 saturated carbocycles. The number of rotatable bonds is 3. The second-order valence-corrected chi connectivity index (χ2v) is 3.34. The predicted molar refractivity (Wildman–Crippen MR) is 57.2 cm³/mol. The van der Waals surface area contributed by atoms with E-state index in [0.717, 1.165) is 23.4 Å². The monoisotopic (exact) mass is 203 g/mol. The summed E-state index contributed by atoms with van der Waals surface area (Å²) in [6.45, 7) is 2.56. The minimum Gasteiger partial charge on any atom is -0.461 e. The first kappa shape index (κ1) is 9.86. The van der Waals surface area contributed by atoms with Crippen molar-refractivity contribution < 1.29 is 4.42 Å². The van der Waals surface area contributed by atoms with Gasteiger partial charge < -0.3 is 10.2 Å². The Kier molecular flexibility index (Phi) is 2.78. The van der Waals surface area contributed by atoms with E-state index in [0.29, 0.717) is 12.4 Å². The number of furan rings is 1. The minimum atomic E-state index is 0.591. The van der Waals surface area contributed by atoms with Gasteiger partial charge in [0, 0.05) is 18.3 Å². The first-order valence-corrected chi connectivity index (χ1v) is 4.87. The van der Waals surface area contributed by atoms with Gasteiger partial charge >= 0.3 is 0 Å². The third-order valence-corrected chi connectivity index (χ3v) is 2.18. The lowest BCUT2D eigenvalue weighted by Gasteiger charge is -2.00. The molecule has 4 nitrogen and oxygen atoms in total. The van der Waals surface area contributed by atoms with Gasteiger partial charge in [-0.25, -0.2) is 9.97 Å². The maximum atomic E-state index is 5.48. The Hall–Kier alpha value is -1.68. The van der Waals surface area contributed by atoms with Crippen LogP contribution < -0.4 is 5.73 Å². The van der Waals surface area contributed by atoms with E-state index in [1.165, 1.54) is 0 Å². The Morgan fingerprint density at radius 2 is 2.27 bits per heavy atom. The molecule has 0 saturated heterocycles. The van der Waals surface area contributed by atoms with E-state index in [4.69, 9.17) is 10.2 Å². The number of nitrogens with zero attached hydrogens (tertiary/aromatic N) is 2. The van der Waals surface area contributed by atoms with Crippen molar-refractivity contribution in [2.45, 2.75) is 13.3 Å². The molecule has 0 atom stereocenters. The van der Waals surface area contributed by atoms with Crippen LogP contribution >= 0.6 is 0 Å². The smallest absolute Gasteiger partial charge is 0.196 e. The van der Waals surface area contributed by atoms with Crippen molar-refractivity contribution in [3.8, 4) is 11.6 Å². The van der Waals surface area contributed by atoms with E-state index in [1.807, 2.05) is 19.1 Å². The van der Waals surface area contributed by atoms with Crippen LogP contribution in [0, 0.1) is 6.92 Å². The number of hydrogen-bond acceptors (Lipinski definition) is 4. The molecule has 0 spiro atoms. The Morgan fingerprint density at radius 3 is 2.93 bits per heavy atom. The number of aromatic nitrogens is 2. The van der Waals surface area contributed by atoms with E-state index < -0.39 is 0 Å². The van der Waals surface area contributed by atoms with E-state index in [2.05, 4.69) is 9.97 Å². The summed E-state index contributed by atoms with van der Waals surface area (Å²) in [7, 11) is 0. The lowest BCUT2D eigenvalue weighted by molar-refractivity contribution is 0.575. The van der Waals surface area contributed by atoms with Crippen molar-refractivity contribution in [1.29, 1.82) is 0 Å². The molecule has 2 aromatic heterocycles. The predicted octanol–water partition coefficient (Wildman–Crippen LogP) is 1.55. The first-order chi connectivity index (χ1) is 7.31. The highest BCUT2D eigenvalue weighted by Gasteiger charge is 2.08. The van der Waals surface area contributed by atoms with Crippen molar-refractivity contribution in [3.05, 3.63) is 35.9 Å². The molecular weight excluding hydrogens is 190 g/mol. The van der Waals surface area contributed by atoms with E-state index in [1.54, 1.807) is 12.5 Å². The second-order valence-electron chi connectivity index (χ2n) is 3.34. The summed E-state index contributed by atoms with van der Waals surface area (Å²) in [4.78, 5) is 8.56. The standard InChI is InChI=1S/C11H13N3O/c1-8-4-7-15-10(8)11-13-6-3-9(14-11)2-5-12/h3-4,6-7H,2,5,12H2,1H3. The van der Waals surface area contributed by atoms with Crippen LogP contribution in [0.15, 0.2) is 29.0 Å². The van der Waals surface area contributed by atoms with Crippen LogP contribution in [-0.4, -0.2) is 16.5 Å². The van der Waals surface area contributed by atoms with Crippen LogP contribution in [-0.2, 0) is 6.42 Å². The van der Waals surface area contributed by atoms with E-state index >= 15 is 0 Å². The third-order valence-electron chi connectivity index (χ3n) is 2.18. The summed E-state index contributed by atoms with van der Waals surface area (Å²) in [5, 5.41) is 0. The van der Waals surface area contributed by atoms with Gasteiger partial charge in [-0.15, -0.1) is 0 Å². The molecule has 2 rings (SSSR count). The lowest BCUT2D eigenvalue weighted by Crippen LogP contribution is -2.05. The second kappa shape index (κ2) is 4.23. The highest BCUT2D eigenvalue weighted by molar-refractivity contribution is 5.51. The zero-order chi connectivity index (χ0) is 10.7. The molecule has 15 heavy (non-hydrogen) atoms. The van der Waals surface area contributed by atoms with Gasteiger partial charge in [0.15, 0.2) is 11.6 Å². The SMILES string of the molecule is Cc1ccoc1-c1nccc(CCN)n1. The molecular formula is C11H13N3O. The van der Waals surface area contributed by atoms with Crippen molar-refractivity contribution >= 4 is 0 Å². The maximum Gasteiger partial charge on any atom is 0.196 e. The topological polar surface area (TPSA) is 64.9 Å². The summed E-state index contributed by atoms with van der Waals surface area (Å²) in [6, 6.07) is 3.77. The fourth-order valence-corrected chi connectivity index (χ4v) is 1.39. The normalized spacial score (nSPS) is 10.5. The highest BCUT2D eigenvalue weighted by Crippen LogP contribution is 2.20. The summed E-state index contributed by atoms with van der Waals surface area (Å²) >= 11 is 0. The van der Waals surface area contributed by atoms with Gasteiger partial charge in [0.2, 0.25) is 0 Å². The Morgan fingerprint density at radius 1 is 1.40 bits per heavy atom. The molecule has 2 N–H and O–H groups in total. The fraction of sp³-hybridized carbons (Fsp3) is 0.273. The molecule has 0 unspecified atom stereocenters. The van der Waals surface area contributed by atoms with Crippen LogP contribution in [0.4, 0.5) is 0 Å². The van der Waals surface area contributed by atoms with E-state index in [9.17, 15) is 0 Å². The van der Waals surface area contributed by atoms with Gasteiger partial charge in [0.25, 0.3) is 0 Å². The molecule has 78 valence electrons. The Labute approximate surface area is 88.2 Å². The summed E-state index contributed by atoms with van der Waals surface area (Å²) in [5.74, 6) is 1.36. The first-order valence-electron chi connectivity index (χ1n) is 4.87. The van der Waals surface area contributed by atoms with Crippen molar-refractivity contribution in [1.82, 2.24) is 9.97 Å². The van der Waals surface area contributed by atoms with Gasteiger partial charge in [-0.3, -0.25) is 0 Å². The molecule has 0 fully saturated rings. The summed E-state index contributed by atoms with van der Waals surface area (Å²) < 4.78 is 5.33. The molecule has 2 heterocycles. The Balaban J connectivity index is 2.37. The van der Waals surface area contributed by atoms with Crippen LogP contribution in [0.3, 0.4) is 0 Å². The number of aryl methyl sites for hydroxylation is 1. The molecule has 0 aliphatic heterocycles. The summed E-state index contributed by atoms with van der Waals surface area (Å²) in [5.41, 5.74) is 7.46. The third kappa shape index (κ3) is 2.05. The van der Waals surface area contributed by atoms with Crippen molar-refractivity contribution in [3.63, 3.8) is 0 Å². The summed E-state index contributed by atoms with van der Waals surface area (Å²) in [6.07, 6.45) is 4.13. The van der Waals surface area contributed by atoms with Crippen LogP contribution in [0.25, 0.3) is 11.6 Å². The van der Waals surface area contributed by atoms with Gasteiger partial charge in [0.05, 0.1) is 6.26 Å². The van der Waals surface area contributed by atoms with Crippen molar-refractivity contribution in [2.24, 2.45) is 5.73 Å². The maximum absolute atomic E-state index is 5.48. The Bertz CT molecular complexity index is 451. The molecule has 2 aromatic rings. The molecule has 0 aliphatic carbocycles. The van der Waals surface area contributed by atoms with Gasteiger partial charge in [-0.1, -0.05) is 0 Å². The molecule has 4 heteroatoms. The molecule has 0 bridgehead atoms. The highest BCUT2D eigenvalue weighted by atomic mass is 16.3. The lowest BCUT2D eigenvalue weighted by atomic mass is 10.2. The van der Waals surface area contributed by atoms with Crippen LogP contribution in [0.5, 0.6) is 0 Å². The van der Waals surface area contributed by atoms with Crippen LogP contribution in [0.1, 0.15) is 11.3 Å². The van der Waals surface area contributed by atoms with Gasteiger partial charge in [0.1, 0.15) is 0 Å². The zero-order valence-electron chi connectivity index (χ0n) is 8.60. The molecule has 0 amide bonds. The van der Waals surface area contributed by atoms with Crippen LogP contribution in [0.2, 0.25) is 0 Å². The fourth-order valence-electron chi connectivity index (χ4n) is 1.39. The number of nitrogens with two attached hydrogens (primary N) is 1. The minimum absolute atomic E-state index is 0.591. The quantitative estimate of drug-likeness (QED) is 0.821. The van der Waals surface area contributed by atoms with Gasteiger partial charge in [-0.05, 0) is 31.2 Å². The van der Waals surface area contributed by atoms with Gasteiger partial charge in [-0.2, -0.15) is 0 Å². The zero-order valence-corrected chi connectivity index (χ0v) is 8.60. The van der Waals surface area contributed by atoms with Crippen molar-refractivity contribution in [2.75, 3.05) is 6.54 Å². The number of hydrogen-bond donors (Lipinski definition) is 1. The largest absolute Gasteiger partial charge is 0.461 e. The molecule has 0 aromatic carbocycles. The average molecular weight is 203 g/mol. The molecule has 0 radical (unpaired) electrons.